The predicted octanol–water partition coefficient (Wildman–Crippen LogP) is 3.83. The van der Waals surface area contributed by atoms with E-state index in [9.17, 15) is 14.4 Å². The van der Waals surface area contributed by atoms with Gasteiger partial charge in [-0.15, -0.1) is 0 Å². The highest BCUT2D eigenvalue weighted by Gasteiger charge is 2.28. The Bertz CT molecular complexity index is 1010. The Balaban J connectivity index is 1.49. The molecule has 2 aliphatic heterocycles. The van der Waals surface area contributed by atoms with Gasteiger partial charge in [0.1, 0.15) is 0 Å². The van der Waals surface area contributed by atoms with Crippen LogP contribution in [0, 0.1) is 0 Å². The molecule has 2 aromatic carbocycles. The minimum atomic E-state index is -0.363. The highest BCUT2D eigenvalue weighted by molar-refractivity contribution is 5.97. The number of anilines is 1. The first kappa shape index (κ1) is 19.9. The van der Waals surface area contributed by atoms with Crippen molar-refractivity contribution < 1.29 is 14.4 Å². The lowest BCUT2D eigenvalue weighted by Gasteiger charge is -2.32. The summed E-state index contributed by atoms with van der Waals surface area (Å²) in [5.41, 5.74) is 3.11. The van der Waals surface area contributed by atoms with E-state index in [0.717, 1.165) is 37.1 Å². The summed E-state index contributed by atoms with van der Waals surface area (Å²) >= 11 is 0. The third kappa shape index (κ3) is 4.13. The average Bonchev–Trinajstić information content (AvgIpc) is 3.28. The van der Waals surface area contributed by atoms with Crippen LogP contribution >= 0.6 is 0 Å². The Labute approximate surface area is 176 Å². The number of rotatable bonds is 4. The van der Waals surface area contributed by atoms with Crippen LogP contribution in [0.5, 0.6) is 0 Å². The van der Waals surface area contributed by atoms with Crippen molar-refractivity contribution in [2.75, 3.05) is 18.4 Å². The summed E-state index contributed by atoms with van der Waals surface area (Å²) < 4.78 is 0. The number of likely N-dealkylation sites (tertiary alicyclic amines) is 1. The molecule has 2 heterocycles. The van der Waals surface area contributed by atoms with Crippen molar-refractivity contribution in [3.05, 3.63) is 71.4 Å². The van der Waals surface area contributed by atoms with E-state index >= 15 is 0 Å². The summed E-state index contributed by atoms with van der Waals surface area (Å²) in [5.74, 6) is -0.323. The number of carbonyl (C=O) groups is 3. The van der Waals surface area contributed by atoms with Gasteiger partial charge in [0.2, 0.25) is 11.8 Å². The van der Waals surface area contributed by atoms with Crippen LogP contribution in [-0.4, -0.2) is 40.6 Å². The second kappa shape index (κ2) is 8.53. The van der Waals surface area contributed by atoms with Gasteiger partial charge in [0.05, 0.1) is 12.5 Å². The molecule has 2 aromatic rings. The maximum atomic E-state index is 12.8. The van der Waals surface area contributed by atoms with Gasteiger partial charge in [-0.05, 0) is 48.2 Å². The monoisotopic (exact) mass is 403 g/mol. The second-order valence-corrected chi connectivity index (χ2v) is 7.72. The molecule has 4 rings (SSSR count). The number of carbonyl (C=O) groups excluding carboxylic acids is 3. The Kier molecular flexibility index (Phi) is 5.65. The number of amides is 3. The average molecular weight is 403 g/mol. The summed E-state index contributed by atoms with van der Waals surface area (Å²) in [6, 6.07) is 14.4. The van der Waals surface area contributed by atoms with Crippen LogP contribution < -0.4 is 5.32 Å². The molecular formula is C24H25N3O3. The molecule has 0 saturated carbocycles. The molecule has 1 N–H and O–H groups in total. The molecule has 0 bridgehead atoms. The van der Waals surface area contributed by atoms with Gasteiger partial charge in [0.15, 0.2) is 0 Å². The van der Waals surface area contributed by atoms with Crippen LogP contribution in [0.15, 0.2) is 54.7 Å². The molecule has 6 nitrogen and oxygen atoms in total. The van der Waals surface area contributed by atoms with Gasteiger partial charge in [-0.3, -0.25) is 14.4 Å². The van der Waals surface area contributed by atoms with E-state index in [1.807, 2.05) is 35.2 Å². The second-order valence-electron chi connectivity index (χ2n) is 7.72. The maximum Gasteiger partial charge on any atom is 0.253 e. The van der Waals surface area contributed by atoms with Crippen molar-refractivity contribution in [3.8, 4) is 0 Å². The number of nitrogens with one attached hydrogen (secondary N) is 1. The topological polar surface area (TPSA) is 69.7 Å². The van der Waals surface area contributed by atoms with Gasteiger partial charge in [-0.2, -0.15) is 0 Å². The first-order valence-corrected chi connectivity index (χ1v) is 10.3. The summed E-state index contributed by atoms with van der Waals surface area (Å²) in [6.45, 7) is 3.06. The Morgan fingerprint density at radius 2 is 1.80 bits per heavy atom. The lowest BCUT2D eigenvalue weighted by molar-refractivity contribution is -0.129. The molecule has 0 radical (unpaired) electrons. The molecule has 0 spiro atoms. The lowest BCUT2D eigenvalue weighted by Crippen LogP contribution is -2.33. The van der Waals surface area contributed by atoms with Crippen molar-refractivity contribution in [3.63, 3.8) is 0 Å². The fraction of sp³-hybridized carbons (Fsp3) is 0.292. The lowest BCUT2D eigenvalue weighted by atomic mass is 9.93. The molecule has 1 saturated heterocycles. The minimum absolute atomic E-state index is 0.00213. The summed E-state index contributed by atoms with van der Waals surface area (Å²) in [5, 5.41) is 2.89. The van der Waals surface area contributed by atoms with Crippen LogP contribution in [-0.2, 0) is 9.59 Å². The standard InChI is InChI=1S/C24H25N3O3/c1-17(28)27-14-11-18-7-2-3-10-21(18)22(27)16-23(29)25-20-9-6-8-19(15-20)24(30)26-12-4-5-13-26/h2-3,6-11,14-15,22H,4-5,12-13,16H2,1H3,(H,25,29)/t22-/m1/s1. The number of hydrogen-bond acceptors (Lipinski definition) is 3. The molecule has 2 aliphatic rings. The van der Waals surface area contributed by atoms with Gasteiger partial charge in [-0.1, -0.05) is 30.3 Å². The number of fused-ring (bicyclic) bond motifs is 1. The van der Waals surface area contributed by atoms with E-state index < -0.39 is 0 Å². The molecule has 154 valence electrons. The van der Waals surface area contributed by atoms with E-state index in [2.05, 4.69) is 5.32 Å². The van der Waals surface area contributed by atoms with Crippen LogP contribution in [0.25, 0.3) is 6.08 Å². The fourth-order valence-electron chi connectivity index (χ4n) is 4.13. The number of hydrogen-bond donors (Lipinski definition) is 1. The molecule has 1 fully saturated rings. The van der Waals surface area contributed by atoms with E-state index in [0.29, 0.717) is 11.3 Å². The van der Waals surface area contributed by atoms with Gasteiger partial charge >= 0.3 is 0 Å². The highest BCUT2D eigenvalue weighted by Crippen LogP contribution is 2.33. The van der Waals surface area contributed by atoms with Gasteiger partial charge in [0, 0.05) is 37.5 Å². The molecule has 6 heteroatoms. The SMILES string of the molecule is CC(=O)N1C=Cc2ccccc2[C@H]1CC(=O)Nc1cccc(C(=O)N2CCCC2)c1. The van der Waals surface area contributed by atoms with Crippen molar-refractivity contribution >= 4 is 29.5 Å². The van der Waals surface area contributed by atoms with E-state index in [-0.39, 0.29) is 30.2 Å². The third-order valence-corrected chi connectivity index (χ3v) is 5.63. The van der Waals surface area contributed by atoms with Crippen LogP contribution in [0.3, 0.4) is 0 Å². The molecule has 30 heavy (non-hydrogen) atoms. The highest BCUT2D eigenvalue weighted by atomic mass is 16.2. The Morgan fingerprint density at radius 3 is 2.57 bits per heavy atom. The van der Waals surface area contributed by atoms with E-state index in [1.165, 1.54) is 6.92 Å². The van der Waals surface area contributed by atoms with Gasteiger partial charge in [-0.25, -0.2) is 0 Å². The number of benzene rings is 2. The largest absolute Gasteiger partial charge is 0.339 e. The molecule has 1 atom stereocenters. The summed E-state index contributed by atoms with van der Waals surface area (Å²) in [7, 11) is 0. The Morgan fingerprint density at radius 1 is 1.03 bits per heavy atom. The van der Waals surface area contributed by atoms with Crippen molar-refractivity contribution in [1.29, 1.82) is 0 Å². The first-order valence-electron chi connectivity index (χ1n) is 10.3. The molecule has 3 amide bonds. The predicted molar refractivity (Wildman–Crippen MR) is 116 cm³/mol. The first-order chi connectivity index (χ1) is 14.5. The van der Waals surface area contributed by atoms with E-state index in [4.69, 9.17) is 0 Å². The molecule has 0 aliphatic carbocycles. The minimum Gasteiger partial charge on any atom is -0.339 e. The Hall–Kier alpha value is -3.41. The summed E-state index contributed by atoms with van der Waals surface area (Å²) in [6.07, 6.45) is 5.82. The van der Waals surface area contributed by atoms with E-state index in [1.54, 1.807) is 35.4 Å². The molecular weight excluding hydrogens is 378 g/mol. The van der Waals surface area contributed by atoms with Crippen molar-refractivity contribution in [2.24, 2.45) is 0 Å². The fourth-order valence-corrected chi connectivity index (χ4v) is 4.13. The normalized spacial score (nSPS) is 17.6. The van der Waals surface area contributed by atoms with Gasteiger partial charge in [0.25, 0.3) is 5.91 Å². The zero-order chi connectivity index (χ0) is 21.1. The zero-order valence-corrected chi connectivity index (χ0v) is 17.0. The van der Waals surface area contributed by atoms with Gasteiger partial charge < -0.3 is 15.1 Å². The smallest absolute Gasteiger partial charge is 0.253 e. The quantitative estimate of drug-likeness (QED) is 0.844. The van der Waals surface area contributed by atoms with Crippen LogP contribution in [0.2, 0.25) is 0 Å². The zero-order valence-electron chi connectivity index (χ0n) is 17.0. The van der Waals surface area contributed by atoms with Crippen LogP contribution in [0.1, 0.15) is 53.7 Å². The van der Waals surface area contributed by atoms with Crippen molar-refractivity contribution in [2.45, 2.75) is 32.2 Å². The molecule has 0 aromatic heterocycles. The molecule has 0 unspecified atom stereocenters. The number of nitrogens with zero attached hydrogens (tertiary/aromatic N) is 2. The van der Waals surface area contributed by atoms with Crippen molar-refractivity contribution in [1.82, 2.24) is 9.80 Å². The maximum absolute atomic E-state index is 12.8. The third-order valence-electron chi connectivity index (χ3n) is 5.63. The van der Waals surface area contributed by atoms with Crippen LogP contribution in [0.4, 0.5) is 5.69 Å². The summed E-state index contributed by atoms with van der Waals surface area (Å²) in [4.78, 5) is 41.0.